The lowest BCUT2D eigenvalue weighted by Gasteiger charge is -2.41. The zero-order valence-corrected chi connectivity index (χ0v) is 14.3. The molecule has 0 bridgehead atoms. The Kier molecular flexibility index (Phi) is 5.03. The Balaban J connectivity index is 1.71. The fraction of sp³-hybridized carbons (Fsp3) is 0.500. The average Bonchev–Trinajstić information content (AvgIpc) is 2.54. The van der Waals surface area contributed by atoms with E-state index in [4.69, 9.17) is 49.3 Å². The Morgan fingerprint density at radius 1 is 1.09 bits per heavy atom. The Bertz CT molecular complexity index is 572. The molecule has 1 saturated carbocycles. The van der Waals surface area contributed by atoms with E-state index in [-0.39, 0.29) is 0 Å². The zero-order valence-electron chi connectivity index (χ0n) is 12.0. The fourth-order valence-corrected chi connectivity index (χ4v) is 3.51. The van der Waals surface area contributed by atoms with E-state index in [2.05, 4.69) is 6.58 Å². The van der Waals surface area contributed by atoms with Crippen molar-refractivity contribution >= 4 is 40.4 Å². The third kappa shape index (κ3) is 3.16. The molecular formula is C16H17Cl3O3. The molecule has 1 aromatic carbocycles. The molecule has 3 nitrogen and oxygen atoms in total. The van der Waals surface area contributed by atoms with Crippen LogP contribution in [0.1, 0.15) is 37.7 Å². The topological polar surface area (TPSA) is 27.7 Å². The van der Waals surface area contributed by atoms with Crippen LogP contribution in [0.3, 0.4) is 0 Å². The van der Waals surface area contributed by atoms with Crippen LogP contribution in [0.5, 0.6) is 0 Å². The first-order valence-corrected chi connectivity index (χ1v) is 8.47. The van der Waals surface area contributed by atoms with E-state index in [1.807, 2.05) is 0 Å². The van der Waals surface area contributed by atoms with Crippen LogP contribution in [0.25, 0.3) is 5.57 Å². The van der Waals surface area contributed by atoms with Gasteiger partial charge in [-0.2, -0.15) is 0 Å². The minimum atomic E-state index is -0.587. The summed E-state index contributed by atoms with van der Waals surface area (Å²) < 4.78 is 5.95. The molecule has 1 atom stereocenters. The summed E-state index contributed by atoms with van der Waals surface area (Å²) in [4.78, 5) is 11.1. The summed E-state index contributed by atoms with van der Waals surface area (Å²) in [5.74, 6) is -0.587. The number of halogens is 3. The van der Waals surface area contributed by atoms with Crippen LogP contribution in [0.15, 0.2) is 18.7 Å². The lowest BCUT2D eigenvalue weighted by atomic mass is 9.94. The Morgan fingerprint density at radius 2 is 1.82 bits per heavy atom. The lowest BCUT2D eigenvalue weighted by Crippen LogP contribution is -2.46. The molecule has 0 N–H and O–H groups in total. The summed E-state index contributed by atoms with van der Waals surface area (Å²) in [6.07, 6.45) is 4.70. The Hall–Kier alpha value is -0.290. The maximum atomic E-state index is 6.24. The largest absolute Gasteiger partial charge is 0.344 e. The van der Waals surface area contributed by atoms with Crippen molar-refractivity contribution in [3.63, 3.8) is 0 Å². The number of ether oxygens (including phenoxy) is 1. The maximum absolute atomic E-state index is 6.24. The van der Waals surface area contributed by atoms with Crippen molar-refractivity contribution in [3.8, 4) is 0 Å². The number of hydrogen-bond donors (Lipinski definition) is 0. The molecule has 22 heavy (non-hydrogen) atoms. The quantitative estimate of drug-likeness (QED) is 0.500. The van der Waals surface area contributed by atoms with Crippen molar-refractivity contribution in [2.45, 2.75) is 44.0 Å². The minimum Gasteiger partial charge on any atom is -0.344 e. The van der Waals surface area contributed by atoms with Crippen molar-refractivity contribution in [1.29, 1.82) is 0 Å². The highest BCUT2D eigenvalue weighted by molar-refractivity contribution is 6.48. The molecule has 3 rings (SSSR count). The molecule has 1 saturated heterocycles. The van der Waals surface area contributed by atoms with Gasteiger partial charge in [-0.3, -0.25) is 0 Å². The van der Waals surface area contributed by atoms with E-state index < -0.39 is 11.9 Å². The van der Waals surface area contributed by atoms with Crippen LogP contribution in [-0.2, 0) is 14.5 Å². The predicted molar refractivity (Wildman–Crippen MR) is 88.2 cm³/mol. The van der Waals surface area contributed by atoms with Crippen molar-refractivity contribution in [3.05, 3.63) is 39.3 Å². The van der Waals surface area contributed by atoms with Crippen LogP contribution in [0.2, 0.25) is 15.1 Å². The van der Waals surface area contributed by atoms with Gasteiger partial charge in [0.15, 0.2) is 0 Å². The zero-order chi connectivity index (χ0) is 15.7. The minimum absolute atomic E-state index is 0.309. The summed E-state index contributed by atoms with van der Waals surface area (Å²) >= 11 is 18.3. The van der Waals surface area contributed by atoms with E-state index in [1.54, 1.807) is 12.1 Å². The summed E-state index contributed by atoms with van der Waals surface area (Å²) in [5.41, 5.74) is 1.35. The Labute approximate surface area is 145 Å². The van der Waals surface area contributed by atoms with E-state index in [0.29, 0.717) is 32.8 Å². The average molecular weight is 364 g/mol. The second-order valence-electron chi connectivity index (χ2n) is 5.70. The second-order valence-corrected chi connectivity index (χ2v) is 6.86. The highest BCUT2D eigenvalue weighted by atomic mass is 35.5. The lowest BCUT2D eigenvalue weighted by molar-refractivity contribution is -0.483. The first-order chi connectivity index (χ1) is 10.5. The van der Waals surface area contributed by atoms with Crippen molar-refractivity contribution in [1.82, 2.24) is 0 Å². The third-order valence-corrected chi connectivity index (χ3v) is 5.49. The summed E-state index contributed by atoms with van der Waals surface area (Å²) in [7, 11) is 0. The fourth-order valence-electron chi connectivity index (χ4n) is 2.85. The van der Waals surface area contributed by atoms with Gasteiger partial charge in [-0.05, 0) is 24.5 Å². The molecule has 0 radical (unpaired) electrons. The van der Waals surface area contributed by atoms with Gasteiger partial charge in [0.05, 0.1) is 21.7 Å². The molecule has 1 spiro atoms. The normalized spacial score (nSPS) is 24.4. The van der Waals surface area contributed by atoms with Gasteiger partial charge in [-0.1, -0.05) is 53.9 Å². The smallest absolute Gasteiger partial charge is 0.201 e. The molecule has 6 heteroatoms. The van der Waals surface area contributed by atoms with Crippen LogP contribution in [0.4, 0.5) is 0 Å². The molecule has 0 amide bonds. The van der Waals surface area contributed by atoms with E-state index in [0.717, 1.165) is 25.7 Å². The summed E-state index contributed by atoms with van der Waals surface area (Å²) in [5, 5.41) is 1.07. The van der Waals surface area contributed by atoms with Crippen molar-refractivity contribution in [2.24, 2.45) is 0 Å². The second kappa shape index (κ2) is 6.68. The van der Waals surface area contributed by atoms with Gasteiger partial charge in [0, 0.05) is 18.4 Å². The Morgan fingerprint density at radius 3 is 2.45 bits per heavy atom. The summed E-state index contributed by atoms with van der Waals surface area (Å²) in [6.45, 7) is 4.43. The van der Waals surface area contributed by atoms with Gasteiger partial charge in [-0.15, -0.1) is 0 Å². The molecule has 1 aliphatic carbocycles. The molecule has 1 aliphatic heterocycles. The van der Waals surface area contributed by atoms with Gasteiger partial charge >= 0.3 is 0 Å². The van der Waals surface area contributed by atoms with E-state index in [9.17, 15) is 0 Å². The molecular weight excluding hydrogens is 347 g/mol. The van der Waals surface area contributed by atoms with Crippen LogP contribution in [0, 0.1) is 0 Å². The number of benzene rings is 1. The molecule has 0 aromatic heterocycles. The van der Waals surface area contributed by atoms with Crippen LogP contribution < -0.4 is 0 Å². The number of hydrogen-bond acceptors (Lipinski definition) is 3. The van der Waals surface area contributed by atoms with E-state index in [1.165, 1.54) is 6.42 Å². The molecule has 2 aliphatic rings. The van der Waals surface area contributed by atoms with E-state index >= 15 is 0 Å². The van der Waals surface area contributed by atoms with Crippen molar-refractivity contribution < 1.29 is 14.5 Å². The predicted octanol–water partition coefficient (Wildman–Crippen LogP) is 5.67. The van der Waals surface area contributed by atoms with Crippen LogP contribution >= 0.6 is 34.8 Å². The SMILES string of the molecule is C=C(c1ccc(Cl)c(Cl)c1Cl)C1COC2(CCCCC2)OO1. The highest BCUT2D eigenvalue weighted by Gasteiger charge is 2.41. The first kappa shape index (κ1) is 16.6. The molecule has 1 unspecified atom stereocenters. The maximum Gasteiger partial charge on any atom is 0.201 e. The highest BCUT2D eigenvalue weighted by Crippen LogP contribution is 2.40. The molecule has 1 aromatic rings. The standard InChI is InChI=1S/C16H17Cl3O3/c1-10(11-5-6-12(17)15(19)14(11)18)13-9-20-16(22-21-13)7-3-2-4-8-16/h5-6,13H,1-4,7-9H2. The van der Waals surface area contributed by atoms with Gasteiger partial charge in [0.25, 0.3) is 0 Å². The third-order valence-electron chi connectivity index (χ3n) is 4.20. The monoisotopic (exact) mass is 362 g/mol. The first-order valence-electron chi connectivity index (χ1n) is 7.33. The van der Waals surface area contributed by atoms with Gasteiger partial charge in [-0.25, -0.2) is 9.78 Å². The molecule has 1 heterocycles. The van der Waals surface area contributed by atoms with Gasteiger partial charge in [0.2, 0.25) is 5.79 Å². The van der Waals surface area contributed by atoms with Gasteiger partial charge < -0.3 is 4.74 Å². The summed E-state index contributed by atoms with van der Waals surface area (Å²) in [6, 6.07) is 3.46. The molecule has 120 valence electrons. The van der Waals surface area contributed by atoms with Crippen molar-refractivity contribution in [2.75, 3.05) is 6.61 Å². The van der Waals surface area contributed by atoms with Crippen LogP contribution in [-0.4, -0.2) is 18.5 Å². The molecule has 2 fully saturated rings. The van der Waals surface area contributed by atoms with Gasteiger partial charge in [0.1, 0.15) is 6.10 Å². The number of rotatable bonds is 2.